The van der Waals surface area contributed by atoms with Crippen LogP contribution >= 0.6 is 9.21 Å². The highest BCUT2D eigenvalue weighted by molar-refractivity contribution is 8.30. The molecular formula is C7H10S. The largest absolute Gasteiger partial charge is 0.190 e. The van der Waals surface area contributed by atoms with Crippen molar-refractivity contribution in [1.82, 2.24) is 0 Å². The minimum absolute atomic E-state index is 0.725. The van der Waals surface area contributed by atoms with Crippen LogP contribution in [0.15, 0.2) is 23.6 Å². The minimum atomic E-state index is -0.725. The number of hydrogen-bond acceptors (Lipinski definition) is 0. The summed E-state index contributed by atoms with van der Waals surface area (Å²) in [6.45, 7) is 0. The first kappa shape index (κ1) is 5.70. The molecule has 0 fully saturated rings. The van der Waals surface area contributed by atoms with Crippen LogP contribution in [0.2, 0.25) is 0 Å². The van der Waals surface area contributed by atoms with Crippen LogP contribution in [0.5, 0.6) is 0 Å². The summed E-state index contributed by atoms with van der Waals surface area (Å²) in [4.78, 5) is 0. The van der Waals surface area contributed by atoms with Crippen LogP contribution in [0.25, 0.3) is 0 Å². The second-order valence-electron chi connectivity index (χ2n) is 2.08. The highest BCUT2D eigenvalue weighted by Gasteiger charge is 1.83. The van der Waals surface area contributed by atoms with Crippen molar-refractivity contribution in [3.63, 3.8) is 0 Å². The Balaban J connectivity index is 3.20. The zero-order chi connectivity index (χ0) is 6.04. The van der Waals surface area contributed by atoms with E-state index in [-0.39, 0.29) is 0 Å². The Kier molecular flexibility index (Phi) is 1.30. The van der Waals surface area contributed by atoms with Gasteiger partial charge in [-0.1, -0.05) is 24.1 Å². The molecule has 1 atom stereocenters. The Morgan fingerprint density at radius 3 is 2.25 bits per heavy atom. The van der Waals surface area contributed by atoms with Gasteiger partial charge in [-0.25, -0.2) is 0 Å². The van der Waals surface area contributed by atoms with Gasteiger partial charge >= 0.3 is 0 Å². The second-order valence-corrected chi connectivity index (χ2v) is 5.08. The lowest BCUT2D eigenvalue weighted by Gasteiger charge is -2.01. The molecule has 1 heterocycles. The average molecular weight is 126 g/mol. The van der Waals surface area contributed by atoms with E-state index < -0.39 is 9.21 Å². The third kappa shape index (κ3) is 1.27. The van der Waals surface area contributed by atoms with E-state index in [1.165, 1.54) is 0 Å². The Hall–Kier alpha value is -0.430. The van der Waals surface area contributed by atoms with E-state index in [2.05, 4.69) is 35.1 Å². The van der Waals surface area contributed by atoms with Gasteiger partial charge in [0.2, 0.25) is 0 Å². The van der Waals surface area contributed by atoms with Crippen molar-refractivity contribution < 1.29 is 0 Å². The van der Waals surface area contributed by atoms with Crippen molar-refractivity contribution in [1.29, 1.82) is 0 Å². The van der Waals surface area contributed by atoms with Crippen molar-refractivity contribution in [3.8, 4) is 0 Å². The first-order valence-electron chi connectivity index (χ1n) is 2.50. The molecule has 0 nitrogen and oxygen atoms in total. The smallest absolute Gasteiger partial charge is 0.0245 e. The SMILES string of the molecule is C=S1(C)=CC=CC=C1. The molecule has 0 saturated carbocycles. The molecule has 0 aliphatic carbocycles. The Labute approximate surface area is 51.0 Å². The van der Waals surface area contributed by atoms with E-state index in [1.54, 1.807) is 0 Å². The molecule has 1 aliphatic heterocycles. The molecule has 44 valence electrons. The molecule has 0 radical (unpaired) electrons. The predicted octanol–water partition coefficient (Wildman–Crippen LogP) is 1.74. The van der Waals surface area contributed by atoms with Gasteiger partial charge < -0.3 is 0 Å². The second kappa shape index (κ2) is 1.82. The topological polar surface area (TPSA) is 0 Å². The Morgan fingerprint density at radius 1 is 1.25 bits per heavy atom. The maximum absolute atomic E-state index is 4.02. The summed E-state index contributed by atoms with van der Waals surface area (Å²) < 4.78 is 0. The first-order valence-corrected chi connectivity index (χ1v) is 4.84. The molecule has 1 unspecified atom stereocenters. The maximum atomic E-state index is 4.02. The molecule has 1 heteroatoms. The summed E-state index contributed by atoms with van der Waals surface area (Å²) in [5, 5.41) is 4.32. The molecule has 0 aromatic heterocycles. The quantitative estimate of drug-likeness (QED) is 0.434. The minimum Gasteiger partial charge on any atom is -0.190 e. The van der Waals surface area contributed by atoms with E-state index in [4.69, 9.17) is 0 Å². The van der Waals surface area contributed by atoms with Crippen LogP contribution in [0.1, 0.15) is 0 Å². The van der Waals surface area contributed by atoms with Gasteiger partial charge in [-0.15, -0.1) is 0 Å². The van der Waals surface area contributed by atoms with Crippen molar-refractivity contribution in [2.75, 3.05) is 6.26 Å². The summed E-state index contributed by atoms with van der Waals surface area (Å²) in [6, 6.07) is 0. The fourth-order valence-electron chi connectivity index (χ4n) is 0.559. The van der Waals surface area contributed by atoms with Crippen LogP contribution < -0.4 is 0 Å². The number of allylic oxidation sites excluding steroid dienone is 3. The van der Waals surface area contributed by atoms with Gasteiger partial charge in [-0.2, -0.15) is 9.21 Å². The van der Waals surface area contributed by atoms with Crippen molar-refractivity contribution in [3.05, 3.63) is 23.6 Å². The number of rotatable bonds is 0. The highest BCUT2D eigenvalue weighted by atomic mass is 32.2. The highest BCUT2D eigenvalue weighted by Crippen LogP contribution is 2.18. The lowest BCUT2D eigenvalue weighted by molar-refractivity contribution is 2.05. The van der Waals surface area contributed by atoms with Crippen molar-refractivity contribution in [2.45, 2.75) is 0 Å². The van der Waals surface area contributed by atoms with Crippen molar-refractivity contribution >= 4 is 20.4 Å². The van der Waals surface area contributed by atoms with Crippen LogP contribution in [0.3, 0.4) is 0 Å². The average Bonchev–Trinajstić information content (AvgIpc) is 1.65. The van der Waals surface area contributed by atoms with Crippen LogP contribution in [0, 0.1) is 0 Å². The monoisotopic (exact) mass is 126 g/mol. The van der Waals surface area contributed by atoms with Crippen LogP contribution in [-0.2, 0) is 0 Å². The zero-order valence-electron chi connectivity index (χ0n) is 5.00. The van der Waals surface area contributed by atoms with E-state index in [0.717, 1.165) is 0 Å². The lowest BCUT2D eigenvalue weighted by Crippen LogP contribution is -1.75. The summed E-state index contributed by atoms with van der Waals surface area (Å²) >= 11 is 0. The van der Waals surface area contributed by atoms with E-state index >= 15 is 0 Å². The fourth-order valence-corrected chi connectivity index (χ4v) is 1.55. The maximum Gasteiger partial charge on any atom is -0.0245 e. The summed E-state index contributed by atoms with van der Waals surface area (Å²) in [7, 11) is -0.725. The molecule has 0 aromatic rings. The van der Waals surface area contributed by atoms with Gasteiger partial charge in [0.05, 0.1) is 0 Å². The van der Waals surface area contributed by atoms with Gasteiger partial charge in [0.25, 0.3) is 0 Å². The normalized spacial score (nSPS) is 34.6. The Morgan fingerprint density at radius 2 is 2.00 bits per heavy atom. The molecule has 0 N–H and O–H groups in total. The standard InChI is InChI=1S/C7H10S/c1-8(2)6-4-3-5-7-8/h3-7H,1H2,2H3. The summed E-state index contributed by atoms with van der Waals surface area (Å²) in [5.74, 6) is 4.02. The summed E-state index contributed by atoms with van der Waals surface area (Å²) in [5.41, 5.74) is 0. The molecule has 1 rings (SSSR count). The van der Waals surface area contributed by atoms with Gasteiger partial charge in [-0.05, 0) is 17.0 Å². The van der Waals surface area contributed by atoms with E-state index in [0.29, 0.717) is 0 Å². The molecule has 0 saturated heterocycles. The third-order valence-electron chi connectivity index (χ3n) is 1.00. The van der Waals surface area contributed by atoms with Gasteiger partial charge in [0, 0.05) is 0 Å². The van der Waals surface area contributed by atoms with Crippen LogP contribution in [0.4, 0.5) is 0 Å². The van der Waals surface area contributed by atoms with Crippen LogP contribution in [-0.4, -0.2) is 17.5 Å². The first-order chi connectivity index (χ1) is 3.71. The van der Waals surface area contributed by atoms with E-state index in [1.807, 2.05) is 6.08 Å². The zero-order valence-corrected chi connectivity index (χ0v) is 5.82. The molecule has 0 bridgehead atoms. The van der Waals surface area contributed by atoms with Gasteiger partial charge in [0.1, 0.15) is 0 Å². The molecule has 0 aromatic carbocycles. The number of hydrogen-bond donors (Lipinski definition) is 0. The molecule has 8 heavy (non-hydrogen) atoms. The lowest BCUT2D eigenvalue weighted by atomic mass is 10.5. The van der Waals surface area contributed by atoms with Gasteiger partial charge in [0.15, 0.2) is 0 Å². The summed E-state index contributed by atoms with van der Waals surface area (Å²) in [6.07, 6.45) is 8.30. The molecule has 0 amide bonds. The van der Waals surface area contributed by atoms with E-state index in [9.17, 15) is 0 Å². The van der Waals surface area contributed by atoms with Gasteiger partial charge in [-0.3, -0.25) is 0 Å². The fraction of sp³-hybridized carbons (Fsp3) is 0.143. The molecule has 1 aliphatic rings. The molecule has 0 spiro atoms. The predicted molar refractivity (Wildman–Crippen MR) is 45.0 cm³/mol. The third-order valence-corrected chi connectivity index (χ3v) is 2.56. The molecular weight excluding hydrogens is 116 g/mol. The Bertz CT molecular complexity index is 235. The van der Waals surface area contributed by atoms with Crippen molar-refractivity contribution in [2.24, 2.45) is 0 Å².